The van der Waals surface area contributed by atoms with Crippen LogP contribution in [0.15, 0.2) is 29.6 Å². The second-order valence-electron chi connectivity index (χ2n) is 4.78. The van der Waals surface area contributed by atoms with E-state index in [1.807, 2.05) is 0 Å². The number of carbonyl (C=O) groups excluding carboxylic acids is 1. The molecular weight excluding hydrogens is 343 g/mol. The van der Waals surface area contributed by atoms with E-state index in [0.717, 1.165) is 16.7 Å². The van der Waals surface area contributed by atoms with Crippen molar-refractivity contribution in [2.75, 3.05) is 30.4 Å². The smallest absolute Gasteiger partial charge is 0.434 e. The van der Waals surface area contributed by atoms with Crippen LogP contribution in [0.3, 0.4) is 0 Å². The number of benzene rings is 1. The van der Waals surface area contributed by atoms with Gasteiger partial charge in [-0.2, -0.15) is 13.2 Å². The fourth-order valence-corrected chi connectivity index (χ4v) is 2.86. The second-order valence-corrected chi connectivity index (χ2v) is 5.61. The minimum absolute atomic E-state index is 0.112. The lowest BCUT2D eigenvalue weighted by Gasteiger charge is -2.19. The molecule has 0 bridgehead atoms. The molecule has 9 heteroatoms. The van der Waals surface area contributed by atoms with E-state index in [-0.39, 0.29) is 17.6 Å². The van der Waals surface area contributed by atoms with Crippen molar-refractivity contribution in [1.82, 2.24) is 4.98 Å². The fraction of sp³-hybridized carbons (Fsp3) is 0.333. The summed E-state index contributed by atoms with van der Waals surface area (Å²) in [5, 5.41) is 3.78. The summed E-state index contributed by atoms with van der Waals surface area (Å²) in [4.78, 5) is 17.2. The molecule has 2 aromatic rings. The molecule has 0 radical (unpaired) electrons. The van der Waals surface area contributed by atoms with E-state index in [4.69, 9.17) is 4.74 Å². The van der Waals surface area contributed by atoms with Gasteiger partial charge in [0.1, 0.15) is 5.75 Å². The van der Waals surface area contributed by atoms with Gasteiger partial charge in [0.15, 0.2) is 10.8 Å². The highest BCUT2D eigenvalue weighted by atomic mass is 32.1. The van der Waals surface area contributed by atoms with Gasteiger partial charge in [-0.05, 0) is 19.1 Å². The Labute approximate surface area is 141 Å². The number of methoxy groups -OCH3 is 1. The summed E-state index contributed by atoms with van der Waals surface area (Å²) in [5.41, 5.74) is -0.456. The molecule has 0 fully saturated rings. The number of amides is 1. The second kappa shape index (κ2) is 7.52. The Balaban J connectivity index is 2.07. The number of thiazole rings is 1. The van der Waals surface area contributed by atoms with E-state index >= 15 is 0 Å². The molecule has 24 heavy (non-hydrogen) atoms. The van der Waals surface area contributed by atoms with E-state index in [1.165, 1.54) is 12.0 Å². The number of nitrogens with one attached hydrogen (secondary N) is 1. The van der Waals surface area contributed by atoms with Gasteiger partial charge in [0.2, 0.25) is 5.91 Å². The normalized spacial score (nSPS) is 11.2. The zero-order chi connectivity index (χ0) is 17.7. The molecule has 0 aliphatic rings. The number of hydrogen-bond donors (Lipinski definition) is 1. The first-order valence-electron chi connectivity index (χ1n) is 7.05. The van der Waals surface area contributed by atoms with Gasteiger partial charge in [-0.1, -0.05) is 12.1 Å². The third-order valence-corrected chi connectivity index (χ3v) is 4.05. The number of likely N-dealkylation sites (N-methyl/N-ethyl adjacent to an activating group) is 1. The molecule has 1 heterocycles. The van der Waals surface area contributed by atoms with Gasteiger partial charge in [0, 0.05) is 11.9 Å². The highest BCUT2D eigenvalue weighted by molar-refractivity contribution is 7.13. The summed E-state index contributed by atoms with van der Waals surface area (Å²) in [6.45, 7) is 1.98. The van der Waals surface area contributed by atoms with Crippen molar-refractivity contribution in [3.63, 3.8) is 0 Å². The number of rotatable bonds is 6. The molecule has 0 aliphatic heterocycles. The summed E-state index contributed by atoms with van der Waals surface area (Å²) in [6, 6.07) is 6.88. The zero-order valence-electron chi connectivity index (χ0n) is 13.1. The Morgan fingerprint density at radius 2 is 2.08 bits per heavy atom. The van der Waals surface area contributed by atoms with Crippen LogP contribution >= 0.6 is 11.3 Å². The number of para-hydroxylation sites is 2. The standard InChI is InChI=1S/C15H16F3N3O2S/c1-3-21(14-20-12(9-24-14)15(16,17)18)8-13(22)19-10-6-4-5-7-11(10)23-2/h4-7,9H,3,8H2,1-2H3,(H,19,22). The van der Waals surface area contributed by atoms with Gasteiger partial charge >= 0.3 is 6.18 Å². The maximum Gasteiger partial charge on any atom is 0.434 e. The SMILES string of the molecule is CCN(CC(=O)Nc1ccccc1OC)c1nc(C(F)(F)F)cs1. The minimum atomic E-state index is -4.49. The molecule has 1 amide bonds. The van der Waals surface area contributed by atoms with E-state index in [1.54, 1.807) is 31.2 Å². The van der Waals surface area contributed by atoms with E-state index in [2.05, 4.69) is 10.3 Å². The van der Waals surface area contributed by atoms with Gasteiger partial charge in [0.25, 0.3) is 0 Å². The van der Waals surface area contributed by atoms with Crippen molar-refractivity contribution in [3.05, 3.63) is 35.3 Å². The van der Waals surface area contributed by atoms with Crippen molar-refractivity contribution >= 4 is 28.1 Å². The van der Waals surface area contributed by atoms with Crippen molar-refractivity contribution in [2.45, 2.75) is 13.1 Å². The highest BCUT2D eigenvalue weighted by Gasteiger charge is 2.34. The van der Waals surface area contributed by atoms with Crippen LogP contribution in [0.2, 0.25) is 0 Å². The van der Waals surface area contributed by atoms with Gasteiger partial charge < -0.3 is 15.0 Å². The zero-order valence-corrected chi connectivity index (χ0v) is 13.9. The highest BCUT2D eigenvalue weighted by Crippen LogP contribution is 2.33. The van der Waals surface area contributed by atoms with Crippen LogP contribution in [0.1, 0.15) is 12.6 Å². The first-order valence-corrected chi connectivity index (χ1v) is 7.93. The predicted molar refractivity (Wildman–Crippen MR) is 86.6 cm³/mol. The molecule has 1 N–H and O–H groups in total. The quantitative estimate of drug-likeness (QED) is 0.856. The molecule has 0 spiro atoms. The van der Waals surface area contributed by atoms with Crippen molar-refractivity contribution in [3.8, 4) is 5.75 Å². The number of anilines is 2. The van der Waals surface area contributed by atoms with Crippen LogP contribution in [0.5, 0.6) is 5.75 Å². The monoisotopic (exact) mass is 359 g/mol. The summed E-state index contributed by atoms with van der Waals surface area (Å²) < 4.78 is 43.0. The molecule has 0 atom stereocenters. The van der Waals surface area contributed by atoms with Crippen LogP contribution in [0.4, 0.5) is 24.0 Å². The number of alkyl halides is 3. The molecule has 130 valence electrons. The summed E-state index contributed by atoms with van der Waals surface area (Å²) in [6.07, 6.45) is -4.49. The molecule has 1 aromatic heterocycles. The fourth-order valence-electron chi connectivity index (χ4n) is 1.97. The first-order chi connectivity index (χ1) is 11.3. The first kappa shape index (κ1) is 18.1. The summed E-state index contributed by atoms with van der Waals surface area (Å²) in [5.74, 6) is 0.132. The largest absolute Gasteiger partial charge is 0.495 e. The number of halogens is 3. The number of nitrogens with zero attached hydrogens (tertiary/aromatic N) is 2. The Hall–Kier alpha value is -2.29. The molecule has 0 saturated heterocycles. The molecule has 0 saturated carbocycles. The number of aromatic nitrogens is 1. The predicted octanol–water partition coefficient (Wildman–Crippen LogP) is 3.64. The van der Waals surface area contributed by atoms with Gasteiger partial charge in [-0.15, -0.1) is 11.3 Å². The minimum Gasteiger partial charge on any atom is -0.495 e. The molecule has 5 nitrogen and oxygen atoms in total. The lowest BCUT2D eigenvalue weighted by molar-refractivity contribution is -0.140. The summed E-state index contributed by atoms with van der Waals surface area (Å²) in [7, 11) is 1.48. The van der Waals surface area contributed by atoms with Crippen molar-refractivity contribution in [1.29, 1.82) is 0 Å². The number of carbonyl (C=O) groups is 1. The Morgan fingerprint density at radius 1 is 1.38 bits per heavy atom. The molecular formula is C15H16F3N3O2S. The van der Waals surface area contributed by atoms with E-state index in [0.29, 0.717) is 18.0 Å². The lowest BCUT2D eigenvalue weighted by atomic mass is 10.3. The maximum absolute atomic E-state index is 12.6. The van der Waals surface area contributed by atoms with Gasteiger partial charge in [-0.3, -0.25) is 4.79 Å². The number of ether oxygens (including phenoxy) is 1. The van der Waals surface area contributed by atoms with Gasteiger partial charge in [0.05, 0.1) is 19.3 Å². The van der Waals surface area contributed by atoms with Crippen LogP contribution in [-0.2, 0) is 11.0 Å². The van der Waals surface area contributed by atoms with Crippen LogP contribution in [-0.4, -0.2) is 31.1 Å². The summed E-state index contributed by atoms with van der Waals surface area (Å²) >= 11 is 0.855. The van der Waals surface area contributed by atoms with E-state index in [9.17, 15) is 18.0 Å². The van der Waals surface area contributed by atoms with E-state index < -0.39 is 11.9 Å². The average Bonchev–Trinajstić information content (AvgIpc) is 3.03. The van der Waals surface area contributed by atoms with Crippen LogP contribution < -0.4 is 15.0 Å². The Kier molecular flexibility index (Phi) is 5.66. The van der Waals surface area contributed by atoms with Crippen molar-refractivity contribution in [2.24, 2.45) is 0 Å². The maximum atomic E-state index is 12.6. The molecule has 1 aromatic carbocycles. The number of hydrogen-bond acceptors (Lipinski definition) is 5. The average molecular weight is 359 g/mol. The molecule has 0 unspecified atom stereocenters. The molecule has 0 aliphatic carbocycles. The topological polar surface area (TPSA) is 54.5 Å². The Bertz CT molecular complexity index is 703. The lowest BCUT2D eigenvalue weighted by Crippen LogP contribution is -2.33. The molecule has 2 rings (SSSR count). The van der Waals surface area contributed by atoms with Crippen molar-refractivity contribution < 1.29 is 22.7 Å². The Morgan fingerprint density at radius 3 is 2.67 bits per heavy atom. The third kappa shape index (κ3) is 4.38. The van der Waals surface area contributed by atoms with Crippen LogP contribution in [0.25, 0.3) is 0 Å². The van der Waals surface area contributed by atoms with Gasteiger partial charge in [-0.25, -0.2) is 4.98 Å². The van der Waals surface area contributed by atoms with Crippen LogP contribution in [0, 0.1) is 0 Å². The third-order valence-electron chi connectivity index (χ3n) is 3.15.